The van der Waals surface area contributed by atoms with Crippen LogP contribution in [0.15, 0.2) is 42.6 Å². The summed E-state index contributed by atoms with van der Waals surface area (Å²) in [4.78, 5) is 20.1. The van der Waals surface area contributed by atoms with Gasteiger partial charge in [-0.1, -0.05) is 29.8 Å². The molecule has 3 aromatic rings. The standard InChI is InChI=1S/C15H14N4O/c1-10-4-6-11(7-5-10)14-18-12-3-2-8-17-15(12)19(14)9-13(16)20/h2-8H,9H2,1H3,(H2,16,20). The molecule has 0 atom stereocenters. The minimum absolute atomic E-state index is 0.0662. The number of rotatable bonds is 3. The Morgan fingerprint density at radius 1 is 1.25 bits per heavy atom. The SMILES string of the molecule is Cc1ccc(-c2nc3cccnc3n2CC(N)=O)cc1. The third kappa shape index (κ3) is 2.14. The van der Waals surface area contributed by atoms with E-state index in [0.717, 1.165) is 11.1 Å². The molecule has 1 aromatic carbocycles. The van der Waals surface area contributed by atoms with Gasteiger partial charge in [-0.3, -0.25) is 9.36 Å². The van der Waals surface area contributed by atoms with Crippen molar-refractivity contribution in [2.75, 3.05) is 0 Å². The maximum Gasteiger partial charge on any atom is 0.237 e. The summed E-state index contributed by atoms with van der Waals surface area (Å²) in [6.07, 6.45) is 1.68. The van der Waals surface area contributed by atoms with Crippen molar-refractivity contribution in [1.29, 1.82) is 0 Å². The van der Waals surface area contributed by atoms with Gasteiger partial charge in [-0.15, -0.1) is 0 Å². The first-order chi connectivity index (χ1) is 9.65. The molecule has 20 heavy (non-hydrogen) atoms. The molecule has 1 amide bonds. The molecule has 0 fully saturated rings. The van der Waals surface area contributed by atoms with E-state index in [0.29, 0.717) is 11.5 Å². The highest BCUT2D eigenvalue weighted by Crippen LogP contribution is 2.23. The summed E-state index contributed by atoms with van der Waals surface area (Å²) >= 11 is 0. The third-order valence-electron chi connectivity index (χ3n) is 3.13. The molecule has 2 aromatic heterocycles. The van der Waals surface area contributed by atoms with Crippen molar-refractivity contribution in [1.82, 2.24) is 14.5 Å². The van der Waals surface area contributed by atoms with Gasteiger partial charge in [0.15, 0.2) is 5.65 Å². The van der Waals surface area contributed by atoms with E-state index in [1.807, 2.05) is 43.3 Å². The van der Waals surface area contributed by atoms with E-state index in [1.54, 1.807) is 10.8 Å². The number of amides is 1. The number of imidazole rings is 1. The topological polar surface area (TPSA) is 73.8 Å². The van der Waals surface area contributed by atoms with Gasteiger partial charge in [-0.25, -0.2) is 9.97 Å². The molecule has 5 nitrogen and oxygen atoms in total. The van der Waals surface area contributed by atoms with Gasteiger partial charge in [0.25, 0.3) is 0 Å². The van der Waals surface area contributed by atoms with Gasteiger partial charge in [0.2, 0.25) is 5.91 Å². The molecule has 2 heterocycles. The van der Waals surface area contributed by atoms with Crippen molar-refractivity contribution < 1.29 is 4.79 Å². The van der Waals surface area contributed by atoms with Gasteiger partial charge in [-0.05, 0) is 19.1 Å². The molecule has 100 valence electrons. The summed E-state index contributed by atoms with van der Waals surface area (Å²) in [5.74, 6) is 0.292. The Kier molecular flexibility index (Phi) is 2.95. The number of aryl methyl sites for hydroxylation is 1. The molecule has 2 N–H and O–H groups in total. The molecule has 0 unspecified atom stereocenters. The van der Waals surface area contributed by atoms with Crippen LogP contribution < -0.4 is 5.73 Å². The Hall–Kier alpha value is -2.69. The zero-order valence-corrected chi connectivity index (χ0v) is 11.1. The van der Waals surface area contributed by atoms with E-state index >= 15 is 0 Å². The fraction of sp³-hybridized carbons (Fsp3) is 0.133. The van der Waals surface area contributed by atoms with E-state index in [9.17, 15) is 4.79 Å². The van der Waals surface area contributed by atoms with Crippen LogP contribution in [0.1, 0.15) is 5.56 Å². The molecule has 0 bridgehead atoms. The van der Waals surface area contributed by atoms with Gasteiger partial charge >= 0.3 is 0 Å². The van der Waals surface area contributed by atoms with Gasteiger partial charge in [-0.2, -0.15) is 0 Å². The van der Waals surface area contributed by atoms with E-state index in [4.69, 9.17) is 5.73 Å². The normalized spacial score (nSPS) is 10.8. The maximum absolute atomic E-state index is 11.3. The second kappa shape index (κ2) is 4.77. The summed E-state index contributed by atoms with van der Waals surface area (Å²) in [5, 5.41) is 0. The smallest absolute Gasteiger partial charge is 0.237 e. The summed E-state index contributed by atoms with van der Waals surface area (Å²) in [5.41, 5.74) is 8.86. The first kappa shape index (κ1) is 12.3. The number of hydrogen-bond donors (Lipinski definition) is 1. The number of aromatic nitrogens is 3. The van der Waals surface area contributed by atoms with Gasteiger partial charge in [0, 0.05) is 11.8 Å². The van der Waals surface area contributed by atoms with Crippen molar-refractivity contribution in [2.24, 2.45) is 5.73 Å². The lowest BCUT2D eigenvalue weighted by Crippen LogP contribution is -2.19. The lowest BCUT2D eigenvalue weighted by molar-refractivity contribution is -0.118. The fourth-order valence-corrected chi connectivity index (χ4v) is 2.19. The Morgan fingerprint density at radius 2 is 2.00 bits per heavy atom. The first-order valence-electron chi connectivity index (χ1n) is 6.32. The monoisotopic (exact) mass is 266 g/mol. The number of nitrogens with zero attached hydrogens (tertiary/aromatic N) is 3. The maximum atomic E-state index is 11.3. The quantitative estimate of drug-likeness (QED) is 0.786. The zero-order valence-electron chi connectivity index (χ0n) is 11.1. The molecule has 0 aliphatic heterocycles. The lowest BCUT2D eigenvalue weighted by atomic mass is 10.1. The Balaban J connectivity index is 2.23. The molecule has 0 saturated heterocycles. The highest BCUT2D eigenvalue weighted by atomic mass is 16.1. The number of carbonyl (C=O) groups excluding carboxylic acids is 1. The second-order valence-electron chi connectivity index (χ2n) is 4.70. The van der Waals surface area contributed by atoms with Crippen LogP contribution in [0.3, 0.4) is 0 Å². The molecular weight excluding hydrogens is 252 g/mol. The predicted molar refractivity (Wildman–Crippen MR) is 76.9 cm³/mol. The molecule has 0 saturated carbocycles. The summed E-state index contributed by atoms with van der Waals surface area (Å²) in [6.45, 7) is 2.09. The Morgan fingerprint density at radius 3 is 2.70 bits per heavy atom. The van der Waals surface area contributed by atoms with E-state index in [2.05, 4.69) is 9.97 Å². The van der Waals surface area contributed by atoms with Crippen LogP contribution in [-0.2, 0) is 11.3 Å². The summed E-state index contributed by atoms with van der Waals surface area (Å²) in [6, 6.07) is 11.7. The van der Waals surface area contributed by atoms with E-state index in [1.165, 1.54) is 5.56 Å². The third-order valence-corrected chi connectivity index (χ3v) is 3.13. The van der Waals surface area contributed by atoms with E-state index < -0.39 is 5.91 Å². The van der Waals surface area contributed by atoms with Crippen LogP contribution in [0, 0.1) is 6.92 Å². The average Bonchev–Trinajstić information content (AvgIpc) is 2.78. The number of fused-ring (bicyclic) bond motifs is 1. The average molecular weight is 266 g/mol. The Bertz CT molecular complexity index is 774. The molecule has 3 rings (SSSR count). The van der Waals surface area contributed by atoms with Crippen LogP contribution in [0.2, 0.25) is 0 Å². The van der Waals surface area contributed by atoms with Crippen molar-refractivity contribution in [3.8, 4) is 11.4 Å². The van der Waals surface area contributed by atoms with E-state index in [-0.39, 0.29) is 6.54 Å². The van der Waals surface area contributed by atoms with Crippen LogP contribution in [0.25, 0.3) is 22.6 Å². The highest BCUT2D eigenvalue weighted by Gasteiger charge is 2.14. The minimum atomic E-state index is -0.414. The number of benzene rings is 1. The van der Waals surface area contributed by atoms with Crippen LogP contribution in [0.4, 0.5) is 0 Å². The molecule has 5 heteroatoms. The largest absolute Gasteiger partial charge is 0.368 e. The lowest BCUT2D eigenvalue weighted by Gasteiger charge is -2.06. The summed E-state index contributed by atoms with van der Waals surface area (Å²) in [7, 11) is 0. The van der Waals surface area contributed by atoms with Crippen LogP contribution >= 0.6 is 0 Å². The Labute approximate surface area is 116 Å². The fourth-order valence-electron chi connectivity index (χ4n) is 2.19. The molecule has 0 radical (unpaired) electrons. The summed E-state index contributed by atoms with van der Waals surface area (Å²) < 4.78 is 1.75. The molecule has 0 spiro atoms. The van der Waals surface area contributed by atoms with Crippen LogP contribution in [0.5, 0.6) is 0 Å². The van der Waals surface area contributed by atoms with Crippen LogP contribution in [-0.4, -0.2) is 20.4 Å². The number of carbonyl (C=O) groups is 1. The highest BCUT2D eigenvalue weighted by molar-refractivity contribution is 5.81. The zero-order chi connectivity index (χ0) is 14.1. The number of hydrogen-bond acceptors (Lipinski definition) is 3. The minimum Gasteiger partial charge on any atom is -0.368 e. The number of nitrogens with two attached hydrogens (primary N) is 1. The van der Waals surface area contributed by atoms with Gasteiger partial charge in [0.1, 0.15) is 17.9 Å². The molecule has 0 aliphatic carbocycles. The second-order valence-corrected chi connectivity index (χ2v) is 4.70. The van der Waals surface area contributed by atoms with Crippen molar-refractivity contribution in [3.05, 3.63) is 48.2 Å². The first-order valence-corrected chi connectivity index (χ1v) is 6.32. The number of pyridine rings is 1. The molecule has 0 aliphatic rings. The van der Waals surface area contributed by atoms with Crippen molar-refractivity contribution in [3.63, 3.8) is 0 Å². The number of primary amides is 1. The van der Waals surface area contributed by atoms with Crippen molar-refractivity contribution in [2.45, 2.75) is 13.5 Å². The van der Waals surface area contributed by atoms with Crippen molar-refractivity contribution >= 4 is 17.1 Å². The molecular formula is C15H14N4O. The predicted octanol–water partition coefficient (Wildman–Crippen LogP) is 1.89. The van der Waals surface area contributed by atoms with Gasteiger partial charge in [0.05, 0.1) is 0 Å². The van der Waals surface area contributed by atoms with Gasteiger partial charge < -0.3 is 5.73 Å².